The monoisotopic (exact) mass is 210 g/mol. The van der Waals surface area contributed by atoms with Crippen molar-refractivity contribution in [2.24, 2.45) is 0 Å². The molecule has 0 aromatic heterocycles. The van der Waals surface area contributed by atoms with Gasteiger partial charge in [-0.3, -0.25) is 0 Å². The Balaban J connectivity index is 1.55. The van der Waals surface area contributed by atoms with E-state index in [-0.39, 0.29) is 0 Å². The molecule has 2 heteroatoms. The van der Waals surface area contributed by atoms with Gasteiger partial charge in [0.25, 0.3) is 0 Å². The third kappa shape index (κ3) is 4.12. The summed E-state index contributed by atoms with van der Waals surface area (Å²) in [6, 6.07) is 0.844. The molecule has 88 valence electrons. The SMILES string of the molecule is C1CCCN(CCNC2CCCC2)CC1. The average molecular weight is 210 g/mol. The summed E-state index contributed by atoms with van der Waals surface area (Å²) in [6.07, 6.45) is 11.5. The highest BCUT2D eigenvalue weighted by Gasteiger charge is 2.14. The molecule has 2 nitrogen and oxygen atoms in total. The predicted octanol–water partition coefficient (Wildman–Crippen LogP) is 2.39. The van der Waals surface area contributed by atoms with Crippen LogP contribution in [0.15, 0.2) is 0 Å². The molecule has 1 saturated carbocycles. The van der Waals surface area contributed by atoms with Gasteiger partial charge in [-0.25, -0.2) is 0 Å². The zero-order valence-corrected chi connectivity index (χ0v) is 10.0. The maximum absolute atomic E-state index is 3.71. The second-order valence-corrected chi connectivity index (χ2v) is 5.19. The molecule has 1 heterocycles. The molecule has 0 unspecified atom stereocenters. The molecule has 0 aromatic rings. The van der Waals surface area contributed by atoms with Crippen molar-refractivity contribution in [3.8, 4) is 0 Å². The molecule has 0 atom stereocenters. The molecule has 2 fully saturated rings. The number of likely N-dealkylation sites (tertiary alicyclic amines) is 1. The van der Waals surface area contributed by atoms with Gasteiger partial charge in [0.05, 0.1) is 0 Å². The van der Waals surface area contributed by atoms with Crippen LogP contribution >= 0.6 is 0 Å². The number of hydrogen-bond acceptors (Lipinski definition) is 2. The first-order valence-corrected chi connectivity index (χ1v) is 6.91. The Morgan fingerprint density at radius 2 is 1.53 bits per heavy atom. The minimum atomic E-state index is 0.844. The number of nitrogens with one attached hydrogen (secondary N) is 1. The van der Waals surface area contributed by atoms with Crippen molar-refractivity contribution in [2.45, 2.75) is 57.4 Å². The summed E-state index contributed by atoms with van der Waals surface area (Å²) >= 11 is 0. The summed E-state index contributed by atoms with van der Waals surface area (Å²) in [5.41, 5.74) is 0. The first-order valence-electron chi connectivity index (χ1n) is 6.91. The molecular formula is C13H26N2. The largest absolute Gasteiger partial charge is 0.313 e. The topological polar surface area (TPSA) is 15.3 Å². The van der Waals surface area contributed by atoms with E-state index in [2.05, 4.69) is 10.2 Å². The molecule has 0 radical (unpaired) electrons. The molecule has 2 aliphatic rings. The van der Waals surface area contributed by atoms with Crippen molar-refractivity contribution >= 4 is 0 Å². The smallest absolute Gasteiger partial charge is 0.0107 e. The fourth-order valence-corrected chi connectivity index (χ4v) is 2.92. The van der Waals surface area contributed by atoms with Crippen LogP contribution in [0.4, 0.5) is 0 Å². The van der Waals surface area contributed by atoms with Crippen LogP contribution in [0.5, 0.6) is 0 Å². The van der Waals surface area contributed by atoms with Gasteiger partial charge in [0, 0.05) is 19.1 Å². The van der Waals surface area contributed by atoms with Crippen LogP contribution in [-0.2, 0) is 0 Å². The van der Waals surface area contributed by atoms with Crippen molar-refractivity contribution in [3.63, 3.8) is 0 Å². The lowest BCUT2D eigenvalue weighted by molar-refractivity contribution is 0.279. The fraction of sp³-hybridized carbons (Fsp3) is 1.00. The van der Waals surface area contributed by atoms with Gasteiger partial charge in [0.1, 0.15) is 0 Å². The summed E-state index contributed by atoms with van der Waals surface area (Å²) in [4.78, 5) is 2.65. The molecule has 1 aliphatic heterocycles. The number of hydrogen-bond donors (Lipinski definition) is 1. The third-order valence-electron chi connectivity index (χ3n) is 3.91. The summed E-state index contributed by atoms with van der Waals surface area (Å²) in [7, 11) is 0. The van der Waals surface area contributed by atoms with Gasteiger partial charge in [-0.15, -0.1) is 0 Å². The average Bonchev–Trinajstić information content (AvgIpc) is 2.62. The van der Waals surface area contributed by atoms with Gasteiger partial charge < -0.3 is 10.2 Å². The summed E-state index contributed by atoms with van der Waals surface area (Å²) < 4.78 is 0. The minimum Gasteiger partial charge on any atom is -0.313 e. The Bertz CT molecular complexity index is 156. The lowest BCUT2D eigenvalue weighted by Crippen LogP contribution is -2.36. The summed E-state index contributed by atoms with van der Waals surface area (Å²) in [6.45, 7) is 5.17. The molecule has 0 bridgehead atoms. The van der Waals surface area contributed by atoms with E-state index >= 15 is 0 Å². The highest BCUT2D eigenvalue weighted by Crippen LogP contribution is 2.17. The number of nitrogens with zero attached hydrogens (tertiary/aromatic N) is 1. The molecule has 15 heavy (non-hydrogen) atoms. The molecule has 1 aliphatic carbocycles. The van der Waals surface area contributed by atoms with Gasteiger partial charge >= 0.3 is 0 Å². The Labute approximate surface area is 94.4 Å². The highest BCUT2D eigenvalue weighted by atomic mass is 15.1. The van der Waals surface area contributed by atoms with Gasteiger partial charge in [-0.05, 0) is 38.8 Å². The van der Waals surface area contributed by atoms with Crippen molar-refractivity contribution in [3.05, 3.63) is 0 Å². The Morgan fingerprint density at radius 3 is 2.20 bits per heavy atom. The maximum Gasteiger partial charge on any atom is 0.0107 e. The van der Waals surface area contributed by atoms with E-state index in [9.17, 15) is 0 Å². The summed E-state index contributed by atoms with van der Waals surface area (Å²) in [5, 5.41) is 3.71. The van der Waals surface area contributed by atoms with E-state index in [1.54, 1.807) is 0 Å². The van der Waals surface area contributed by atoms with Crippen LogP contribution in [0.2, 0.25) is 0 Å². The van der Waals surface area contributed by atoms with Crippen molar-refractivity contribution in [2.75, 3.05) is 26.2 Å². The van der Waals surface area contributed by atoms with Gasteiger partial charge in [0.2, 0.25) is 0 Å². The Kier molecular flexibility index (Phi) is 4.94. The molecule has 0 aromatic carbocycles. The predicted molar refractivity (Wildman–Crippen MR) is 65.2 cm³/mol. The quantitative estimate of drug-likeness (QED) is 0.766. The van der Waals surface area contributed by atoms with Crippen LogP contribution in [0.1, 0.15) is 51.4 Å². The standard InChI is InChI=1S/C13H26N2/c1-2-6-11-15(10-5-1)12-9-14-13-7-3-4-8-13/h13-14H,1-12H2. The highest BCUT2D eigenvalue weighted by molar-refractivity contribution is 4.74. The van der Waals surface area contributed by atoms with Crippen LogP contribution in [0, 0.1) is 0 Å². The molecule has 0 amide bonds. The molecule has 1 saturated heterocycles. The van der Waals surface area contributed by atoms with E-state index in [1.807, 2.05) is 0 Å². The van der Waals surface area contributed by atoms with Crippen molar-refractivity contribution in [1.29, 1.82) is 0 Å². The zero-order valence-electron chi connectivity index (χ0n) is 10.0. The van der Waals surface area contributed by atoms with Gasteiger partial charge in [-0.2, -0.15) is 0 Å². The maximum atomic E-state index is 3.71. The van der Waals surface area contributed by atoms with Crippen molar-refractivity contribution in [1.82, 2.24) is 10.2 Å². The first kappa shape index (κ1) is 11.4. The van der Waals surface area contributed by atoms with E-state index < -0.39 is 0 Å². The minimum absolute atomic E-state index is 0.844. The first-order chi connectivity index (χ1) is 7.45. The molecular weight excluding hydrogens is 184 g/mol. The Morgan fingerprint density at radius 1 is 0.867 bits per heavy atom. The molecule has 0 spiro atoms. The Hall–Kier alpha value is -0.0800. The van der Waals surface area contributed by atoms with E-state index in [0.717, 1.165) is 6.04 Å². The molecule has 2 rings (SSSR count). The lowest BCUT2D eigenvalue weighted by Gasteiger charge is -2.21. The van der Waals surface area contributed by atoms with Crippen LogP contribution in [-0.4, -0.2) is 37.1 Å². The second-order valence-electron chi connectivity index (χ2n) is 5.19. The zero-order chi connectivity index (χ0) is 10.3. The van der Waals surface area contributed by atoms with Crippen molar-refractivity contribution < 1.29 is 0 Å². The fourth-order valence-electron chi connectivity index (χ4n) is 2.92. The summed E-state index contributed by atoms with van der Waals surface area (Å²) in [5.74, 6) is 0. The van der Waals surface area contributed by atoms with Gasteiger partial charge in [-0.1, -0.05) is 25.7 Å². The van der Waals surface area contributed by atoms with Crippen LogP contribution in [0.25, 0.3) is 0 Å². The normalized spacial score (nSPS) is 25.6. The van der Waals surface area contributed by atoms with Crippen LogP contribution in [0.3, 0.4) is 0 Å². The van der Waals surface area contributed by atoms with Gasteiger partial charge in [0.15, 0.2) is 0 Å². The van der Waals surface area contributed by atoms with E-state index in [0.29, 0.717) is 0 Å². The second kappa shape index (κ2) is 6.49. The van der Waals surface area contributed by atoms with E-state index in [4.69, 9.17) is 0 Å². The number of rotatable bonds is 4. The van der Waals surface area contributed by atoms with E-state index in [1.165, 1.54) is 77.5 Å². The van der Waals surface area contributed by atoms with Crippen LogP contribution < -0.4 is 5.32 Å². The lowest BCUT2D eigenvalue weighted by atomic mass is 10.2. The molecule has 1 N–H and O–H groups in total. The third-order valence-corrected chi connectivity index (χ3v) is 3.91.